The summed E-state index contributed by atoms with van der Waals surface area (Å²) in [7, 11) is 3.23. The number of ether oxygens (including phenoxy) is 2. The van der Waals surface area contributed by atoms with E-state index in [1.165, 1.54) is 0 Å². The minimum atomic E-state index is 0.139. The van der Waals surface area contributed by atoms with E-state index in [9.17, 15) is 4.79 Å². The van der Waals surface area contributed by atoms with E-state index in [4.69, 9.17) is 9.47 Å². The second kappa shape index (κ2) is 6.57. The van der Waals surface area contributed by atoms with Crippen LogP contribution in [0.2, 0.25) is 0 Å². The number of hydrogen-bond donors (Lipinski definition) is 1. The van der Waals surface area contributed by atoms with Crippen molar-refractivity contribution in [2.24, 2.45) is 5.92 Å². The third-order valence-corrected chi connectivity index (χ3v) is 3.61. The van der Waals surface area contributed by atoms with Crippen LogP contribution in [0.4, 0.5) is 0 Å². The fraction of sp³-hybridized carbons (Fsp3) is 0.533. The highest BCUT2D eigenvalue weighted by molar-refractivity contribution is 5.84. The molecule has 4 nitrogen and oxygen atoms in total. The van der Waals surface area contributed by atoms with Crippen molar-refractivity contribution in [2.45, 2.75) is 19.3 Å². The molecule has 0 amide bonds. The highest BCUT2D eigenvalue weighted by atomic mass is 16.5. The standard InChI is InChI=1S/C15H21NO3/c1-18-13-6-5-11(15(9-13)19-2)8-14(17)12-4-3-7-16-10-12/h5-6,9,12,16H,3-4,7-8,10H2,1-2H3. The van der Waals surface area contributed by atoms with E-state index < -0.39 is 0 Å². The molecular formula is C15H21NO3. The molecule has 1 aliphatic rings. The Hall–Kier alpha value is -1.55. The normalized spacial score (nSPS) is 18.9. The molecule has 0 aromatic heterocycles. The number of ketones is 1. The maximum atomic E-state index is 12.3. The van der Waals surface area contributed by atoms with Gasteiger partial charge in [-0.2, -0.15) is 0 Å². The van der Waals surface area contributed by atoms with Crippen molar-refractivity contribution in [1.82, 2.24) is 5.32 Å². The Bertz CT molecular complexity index is 439. The number of nitrogens with one attached hydrogen (secondary N) is 1. The first kappa shape index (κ1) is 13.9. The Morgan fingerprint density at radius 2 is 2.21 bits per heavy atom. The second-order valence-corrected chi connectivity index (χ2v) is 4.86. The maximum absolute atomic E-state index is 12.3. The van der Waals surface area contributed by atoms with E-state index in [0.717, 1.165) is 43.0 Å². The number of piperidine rings is 1. The Kier molecular flexibility index (Phi) is 4.80. The van der Waals surface area contributed by atoms with Gasteiger partial charge in [0, 0.05) is 30.5 Å². The van der Waals surface area contributed by atoms with Gasteiger partial charge in [0.15, 0.2) is 0 Å². The molecule has 2 rings (SSSR count). The van der Waals surface area contributed by atoms with Gasteiger partial charge in [-0.3, -0.25) is 4.79 Å². The van der Waals surface area contributed by atoms with E-state index in [-0.39, 0.29) is 11.7 Å². The highest BCUT2D eigenvalue weighted by Gasteiger charge is 2.22. The molecular weight excluding hydrogens is 242 g/mol. The first-order valence-electron chi connectivity index (χ1n) is 6.69. The monoisotopic (exact) mass is 263 g/mol. The van der Waals surface area contributed by atoms with Crippen LogP contribution in [-0.4, -0.2) is 33.1 Å². The SMILES string of the molecule is COc1ccc(CC(=O)C2CCCNC2)c(OC)c1. The summed E-state index contributed by atoms with van der Waals surface area (Å²) >= 11 is 0. The number of carbonyl (C=O) groups is 1. The Morgan fingerprint density at radius 1 is 1.37 bits per heavy atom. The first-order chi connectivity index (χ1) is 9.24. The fourth-order valence-electron chi connectivity index (χ4n) is 2.46. The molecule has 1 aliphatic heterocycles. The van der Waals surface area contributed by atoms with Gasteiger partial charge < -0.3 is 14.8 Å². The molecule has 0 bridgehead atoms. The predicted molar refractivity (Wildman–Crippen MR) is 73.9 cm³/mol. The van der Waals surface area contributed by atoms with Crippen LogP contribution < -0.4 is 14.8 Å². The molecule has 1 atom stereocenters. The second-order valence-electron chi connectivity index (χ2n) is 4.86. The van der Waals surface area contributed by atoms with Gasteiger partial charge in [0.25, 0.3) is 0 Å². The molecule has 0 spiro atoms. The Balaban J connectivity index is 2.07. The van der Waals surface area contributed by atoms with Crippen molar-refractivity contribution in [3.63, 3.8) is 0 Å². The summed E-state index contributed by atoms with van der Waals surface area (Å²) < 4.78 is 10.5. The molecule has 104 valence electrons. The third kappa shape index (κ3) is 3.47. The lowest BCUT2D eigenvalue weighted by Crippen LogP contribution is -2.35. The van der Waals surface area contributed by atoms with Crippen molar-refractivity contribution in [1.29, 1.82) is 0 Å². The van der Waals surface area contributed by atoms with Gasteiger partial charge in [0.2, 0.25) is 0 Å². The zero-order valence-electron chi connectivity index (χ0n) is 11.6. The molecule has 1 unspecified atom stereocenters. The minimum absolute atomic E-state index is 0.139. The van der Waals surface area contributed by atoms with Gasteiger partial charge >= 0.3 is 0 Å². The molecule has 1 saturated heterocycles. The van der Waals surface area contributed by atoms with Crippen molar-refractivity contribution >= 4 is 5.78 Å². The number of carbonyl (C=O) groups excluding carboxylic acids is 1. The lowest BCUT2D eigenvalue weighted by Gasteiger charge is -2.21. The summed E-state index contributed by atoms with van der Waals surface area (Å²) in [4.78, 5) is 12.3. The van der Waals surface area contributed by atoms with E-state index in [0.29, 0.717) is 6.42 Å². The van der Waals surface area contributed by atoms with Gasteiger partial charge in [-0.15, -0.1) is 0 Å². The highest BCUT2D eigenvalue weighted by Crippen LogP contribution is 2.26. The van der Waals surface area contributed by atoms with Gasteiger partial charge in [-0.1, -0.05) is 6.07 Å². The van der Waals surface area contributed by atoms with Gasteiger partial charge in [0.1, 0.15) is 17.3 Å². The summed E-state index contributed by atoms with van der Waals surface area (Å²) in [5, 5.41) is 3.28. The number of benzene rings is 1. The third-order valence-electron chi connectivity index (χ3n) is 3.61. The summed E-state index contributed by atoms with van der Waals surface area (Å²) in [6.07, 6.45) is 2.50. The van der Waals surface area contributed by atoms with Crippen LogP contribution >= 0.6 is 0 Å². The van der Waals surface area contributed by atoms with E-state index in [2.05, 4.69) is 5.32 Å². The largest absolute Gasteiger partial charge is 0.497 e. The van der Waals surface area contributed by atoms with Gasteiger partial charge in [-0.25, -0.2) is 0 Å². The van der Waals surface area contributed by atoms with Crippen molar-refractivity contribution in [2.75, 3.05) is 27.3 Å². The van der Waals surface area contributed by atoms with Crippen molar-refractivity contribution < 1.29 is 14.3 Å². The molecule has 1 fully saturated rings. The number of rotatable bonds is 5. The molecule has 1 aromatic rings. The van der Waals surface area contributed by atoms with Crippen LogP contribution in [0, 0.1) is 5.92 Å². The summed E-state index contributed by atoms with van der Waals surface area (Å²) in [6.45, 7) is 1.83. The van der Waals surface area contributed by atoms with E-state index >= 15 is 0 Å². The Labute approximate surface area is 114 Å². The summed E-state index contributed by atoms with van der Waals surface area (Å²) in [5.74, 6) is 1.89. The van der Waals surface area contributed by atoms with Crippen LogP contribution in [0.25, 0.3) is 0 Å². The molecule has 0 aliphatic carbocycles. The molecule has 1 N–H and O–H groups in total. The average molecular weight is 263 g/mol. The van der Waals surface area contributed by atoms with E-state index in [1.54, 1.807) is 14.2 Å². The lowest BCUT2D eigenvalue weighted by atomic mass is 9.91. The van der Waals surface area contributed by atoms with Gasteiger partial charge in [0.05, 0.1) is 14.2 Å². The smallest absolute Gasteiger partial charge is 0.141 e. The topological polar surface area (TPSA) is 47.6 Å². The van der Waals surface area contributed by atoms with Crippen LogP contribution in [0.1, 0.15) is 18.4 Å². The van der Waals surface area contributed by atoms with E-state index in [1.807, 2.05) is 18.2 Å². The molecule has 1 heterocycles. The number of hydrogen-bond acceptors (Lipinski definition) is 4. The van der Waals surface area contributed by atoms with Crippen molar-refractivity contribution in [3.8, 4) is 11.5 Å². The maximum Gasteiger partial charge on any atom is 0.141 e. The zero-order valence-corrected chi connectivity index (χ0v) is 11.6. The minimum Gasteiger partial charge on any atom is -0.497 e. The number of methoxy groups -OCH3 is 2. The average Bonchev–Trinajstić information content (AvgIpc) is 2.48. The van der Waals surface area contributed by atoms with Crippen molar-refractivity contribution in [3.05, 3.63) is 23.8 Å². The van der Waals surface area contributed by atoms with Crippen LogP contribution in [0.15, 0.2) is 18.2 Å². The molecule has 1 aromatic carbocycles. The fourth-order valence-corrected chi connectivity index (χ4v) is 2.46. The molecule has 19 heavy (non-hydrogen) atoms. The number of Topliss-reactive ketones (excluding diaryl/α,β-unsaturated/α-hetero) is 1. The summed E-state index contributed by atoms with van der Waals surface area (Å²) in [6, 6.07) is 5.60. The zero-order chi connectivity index (χ0) is 13.7. The predicted octanol–water partition coefficient (Wildman–Crippen LogP) is 1.81. The van der Waals surface area contributed by atoms with Gasteiger partial charge in [-0.05, 0) is 25.5 Å². The molecule has 0 saturated carbocycles. The quantitative estimate of drug-likeness (QED) is 0.880. The first-order valence-corrected chi connectivity index (χ1v) is 6.69. The van der Waals surface area contributed by atoms with Crippen LogP contribution in [0.5, 0.6) is 11.5 Å². The van der Waals surface area contributed by atoms with Crippen LogP contribution in [-0.2, 0) is 11.2 Å². The molecule has 0 radical (unpaired) electrons. The summed E-state index contributed by atoms with van der Waals surface area (Å²) in [5.41, 5.74) is 0.930. The lowest BCUT2D eigenvalue weighted by molar-refractivity contribution is -0.122. The van der Waals surface area contributed by atoms with Crippen LogP contribution in [0.3, 0.4) is 0 Å². The Morgan fingerprint density at radius 3 is 2.84 bits per heavy atom. The molecule has 4 heteroatoms.